The third-order valence-electron chi connectivity index (χ3n) is 2.93. The quantitative estimate of drug-likeness (QED) is 0.766. The second kappa shape index (κ2) is 3.58. The van der Waals surface area contributed by atoms with Crippen LogP contribution >= 0.6 is 0 Å². The summed E-state index contributed by atoms with van der Waals surface area (Å²) in [4.78, 5) is 6.72. The molecule has 0 aromatic carbocycles. The van der Waals surface area contributed by atoms with E-state index in [4.69, 9.17) is 5.73 Å². The zero-order chi connectivity index (χ0) is 10.1. The molecule has 2 N–H and O–H groups in total. The summed E-state index contributed by atoms with van der Waals surface area (Å²) in [5, 5.41) is 0. The van der Waals surface area contributed by atoms with Crippen molar-refractivity contribution in [2.45, 2.75) is 31.8 Å². The van der Waals surface area contributed by atoms with Gasteiger partial charge < -0.3 is 10.6 Å². The van der Waals surface area contributed by atoms with E-state index in [-0.39, 0.29) is 0 Å². The van der Waals surface area contributed by atoms with E-state index in [1.807, 2.05) is 19.1 Å². The van der Waals surface area contributed by atoms with Crippen LogP contribution in [-0.4, -0.2) is 24.1 Å². The van der Waals surface area contributed by atoms with E-state index in [2.05, 4.69) is 23.0 Å². The molecule has 76 valence electrons. The highest BCUT2D eigenvalue weighted by Gasteiger charge is 2.29. The number of pyridine rings is 1. The maximum Gasteiger partial charge on any atom is 0.128 e. The number of aryl methyl sites for hydroxylation is 1. The molecule has 0 saturated heterocycles. The summed E-state index contributed by atoms with van der Waals surface area (Å²) in [6.45, 7) is 2.02. The van der Waals surface area contributed by atoms with Crippen molar-refractivity contribution in [2.75, 3.05) is 11.9 Å². The van der Waals surface area contributed by atoms with Crippen LogP contribution in [-0.2, 0) is 0 Å². The molecular weight excluding hydrogens is 174 g/mol. The van der Waals surface area contributed by atoms with E-state index in [0.717, 1.165) is 24.4 Å². The van der Waals surface area contributed by atoms with Crippen molar-refractivity contribution in [3.05, 3.63) is 23.9 Å². The molecule has 1 fully saturated rings. The molecule has 0 bridgehead atoms. The predicted molar refractivity (Wildman–Crippen MR) is 58.4 cm³/mol. The molecule has 1 aromatic heterocycles. The average Bonchev–Trinajstić information content (AvgIpc) is 2.12. The number of hydrogen-bond acceptors (Lipinski definition) is 3. The Balaban J connectivity index is 2.07. The number of rotatable bonds is 2. The Hall–Kier alpha value is -1.09. The van der Waals surface area contributed by atoms with Gasteiger partial charge in [0.15, 0.2) is 0 Å². The maximum atomic E-state index is 5.77. The largest absolute Gasteiger partial charge is 0.357 e. The first kappa shape index (κ1) is 9.46. The molecular formula is C11H17N3. The Morgan fingerprint density at radius 1 is 1.43 bits per heavy atom. The van der Waals surface area contributed by atoms with Crippen LogP contribution in [0.25, 0.3) is 0 Å². The zero-order valence-corrected chi connectivity index (χ0v) is 8.77. The van der Waals surface area contributed by atoms with Crippen molar-refractivity contribution in [1.82, 2.24) is 4.98 Å². The standard InChI is InChI=1S/C11H17N3/c1-8-4-3-5-11(13-8)14(2)10-6-9(12)7-10/h3-5,9-10H,6-7,12H2,1-2H3. The van der Waals surface area contributed by atoms with Crippen LogP contribution in [0.15, 0.2) is 18.2 Å². The summed E-state index contributed by atoms with van der Waals surface area (Å²) in [6, 6.07) is 7.10. The van der Waals surface area contributed by atoms with E-state index in [1.165, 1.54) is 0 Å². The topological polar surface area (TPSA) is 42.1 Å². The molecule has 0 atom stereocenters. The Morgan fingerprint density at radius 3 is 2.71 bits per heavy atom. The van der Waals surface area contributed by atoms with Crippen molar-refractivity contribution in [1.29, 1.82) is 0 Å². The number of hydrogen-bond donors (Lipinski definition) is 1. The van der Waals surface area contributed by atoms with Crippen LogP contribution in [0, 0.1) is 6.92 Å². The number of nitrogens with two attached hydrogens (primary N) is 1. The Bertz CT molecular complexity index is 318. The fraction of sp³-hybridized carbons (Fsp3) is 0.545. The van der Waals surface area contributed by atoms with Crippen LogP contribution in [0.1, 0.15) is 18.5 Å². The second-order valence-electron chi connectivity index (χ2n) is 4.13. The molecule has 1 saturated carbocycles. The molecule has 0 unspecified atom stereocenters. The summed E-state index contributed by atoms with van der Waals surface area (Å²) in [7, 11) is 2.10. The number of nitrogens with zero attached hydrogens (tertiary/aromatic N) is 2. The lowest BCUT2D eigenvalue weighted by molar-refractivity contribution is 0.338. The van der Waals surface area contributed by atoms with Gasteiger partial charge in [-0.2, -0.15) is 0 Å². The highest BCUT2D eigenvalue weighted by Crippen LogP contribution is 2.26. The highest BCUT2D eigenvalue weighted by molar-refractivity contribution is 5.40. The maximum absolute atomic E-state index is 5.77. The molecule has 0 amide bonds. The number of aromatic nitrogens is 1. The monoisotopic (exact) mass is 191 g/mol. The van der Waals surface area contributed by atoms with Gasteiger partial charge in [-0.1, -0.05) is 6.07 Å². The molecule has 3 nitrogen and oxygen atoms in total. The molecule has 1 aromatic rings. The molecule has 1 aliphatic rings. The summed E-state index contributed by atoms with van der Waals surface area (Å²) >= 11 is 0. The van der Waals surface area contributed by atoms with Gasteiger partial charge in [-0.05, 0) is 31.9 Å². The average molecular weight is 191 g/mol. The van der Waals surface area contributed by atoms with E-state index in [1.54, 1.807) is 0 Å². The van der Waals surface area contributed by atoms with Gasteiger partial charge in [-0.15, -0.1) is 0 Å². The minimum absolute atomic E-state index is 0.396. The van der Waals surface area contributed by atoms with Crippen LogP contribution in [0.3, 0.4) is 0 Å². The van der Waals surface area contributed by atoms with Crippen molar-refractivity contribution in [2.24, 2.45) is 5.73 Å². The lowest BCUT2D eigenvalue weighted by Crippen LogP contribution is -2.49. The van der Waals surface area contributed by atoms with Crippen LogP contribution in [0.4, 0.5) is 5.82 Å². The molecule has 14 heavy (non-hydrogen) atoms. The third kappa shape index (κ3) is 1.73. The van der Waals surface area contributed by atoms with Crippen LogP contribution in [0.2, 0.25) is 0 Å². The lowest BCUT2D eigenvalue weighted by atomic mass is 9.86. The van der Waals surface area contributed by atoms with Gasteiger partial charge in [-0.3, -0.25) is 0 Å². The first-order chi connectivity index (χ1) is 6.66. The minimum atomic E-state index is 0.396. The second-order valence-corrected chi connectivity index (χ2v) is 4.13. The van der Waals surface area contributed by atoms with Gasteiger partial charge in [0.2, 0.25) is 0 Å². The molecule has 1 aliphatic carbocycles. The van der Waals surface area contributed by atoms with Gasteiger partial charge in [0.05, 0.1) is 0 Å². The first-order valence-electron chi connectivity index (χ1n) is 5.09. The van der Waals surface area contributed by atoms with Crippen molar-refractivity contribution >= 4 is 5.82 Å². The predicted octanol–water partition coefficient (Wildman–Crippen LogP) is 1.32. The van der Waals surface area contributed by atoms with E-state index in [9.17, 15) is 0 Å². The van der Waals surface area contributed by atoms with E-state index >= 15 is 0 Å². The molecule has 3 heteroatoms. The Labute approximate surface area is 84.9 Å². The Morgan fingerprint density at radius 2 is 2.14 bits per heavy atom. The zero-order valence-electron chi connectivity index (χ0n) is 8.77. The van der Waals surface area contributed by atoms with Gasteiger partial charge in [0.25, 0.3) is 0 Å². The van der Waals surface area contributed by atoms with Crippen molar-refractivity contribution < 1.29 is 0 Å². The van der Waals surface area contributed by atoms with E-state index < -0.39 is 0 Å². The molecule has 0 radical (unpaired) electrons. The SMILES string of the molecule is Cc1cccc(N(C)C2CC(N)C2)n1. The van der Waals surface area contributed by atoms with Crippen LogP contribution < -0.4 is 10.6 Å². The molecule has 2 rings (SSSR count). The van der Waals surface area contributed by atoms with Crippen molar-refractivity contribution in [3.63, 3.8) is 0 Å². The normalized spacial score (nSPS) is 25.6. The fourth-order valence-corrected chi connectivity index (χ4v) is 1.86. The fourth-order valence-electron chi connectivity index (χ4n) is 1.86. The van der Waals surface area contributed by atoms with Gasteiger partial charge in [0, 0.05) is 24.8 Å². The summed E-state index contributed by atoms with van der Waals surface area (Å²) in [5.74, 6) is 1.06. The summed E-state index contributed by atoms with van der Waals surface area (Å²) in [6.07, 6.45) is 2.18. The minimum Gasteiger partial charge on any atom is -0.357 e. The Kier molecular flexibility index (Phi) is 2.42. The van der Waals surface area contributed by atoms with Gasteiger partial charge >= 0.3 is 0 Å². The lowest BCUT2D eigenvalue weighted by Gasteiger charge is -2.40. The van der Waals surface area contributed by atoms with Crippen molar-refractivity contribution in [3.8, 4) is 0 Å². The van der Waals surface area contributed by atoms with Crippen LogP contribution in [0.5, 0.6) is 0 Å². The molecule has 0 spiro atoms. The highest BCUT2D eigenvalue weighted by atomic mass is 15.2. The van der Waals surface area contributed by atoms with Gasteiger partial charge in [-0.25, -0.2) is 4.98 Å². The molecule has 0 aliphatic heterocycles. The van der Waals surface area contributed by atoms with E-state index in [0.29, 0.717) is 12.1 Å². The smallest absolute Gasteiger partial charge is 0.128 e. The summed E-state index contributed by atoms with van der Waals surface area (Å²) in [5.41, 5.74) is 6.84. The number of anilines is 1. The third-order valence-corrected chi connectivity index (χ3v) is 2.93. The van der Waals surface area contributed by atoms with Gasteiger partial charge in [0.1, 0.15) is 5.82 Å². The first-order valence-corrected chi connectivity index (χ1v) is 5.09. The molecule has 1 heterocycles. The summed E-state index contributed by atoms with van der Waals surface area (Å²) < 4.78 is 0.